The van der Waals surface area contributed by atoms with E-state index in [2.05, 4.69) is 19.2 Å². The lowest BCUT2D eigenvalue weighted by Crippen LogP contribution is -2.32. The lowest BCUT2D eigenvalue weighted by atomic mass is 9.97. The molecule has 0 aliphatic heterocycles. The van der Waals surface area contributed by atoms with Crippen molar-refractivity contribution in [2.24, 2.45) is 5.92 Å². The molecule has 4 heteroatoms. The lowest BCUT2D eigenvalue weighted by molar-refractivity contribution is -0.125. The number of hydrogen-bond acceptors (Lipinski definition) is 2. The summed E-state index contributed by atoms with van der Waals surface area (Å²) in [6.45, 7) is 4.79. The maximum Gasteiger partial charge on any atom is 0.335 e. The Balaban J connectivity index is 2.41. The van der Waals surface area contributed by atoms with E-state index in [4.69, 9.17) is 5.11 Å². The van der Waals surface area contributed by atoms with Crippen LogP contribution < -0.4 is 5.32 Å². The maximum atomic E-state index is 12.1. The average Bonchev–Trinajstić information content (AvgIpc) is 2.47. The van der Waals surface area contributed by atoms with E-state index in [0.29, 0.717) is 6.54 Å². The number of carboxylic acid groups (broad SMARTS) is 1. The third-order valence-electron chi connectivity index (χ3n) is 3.56. The van der Waals surface area contributed by atoms with E-state index in [-0.39, 0.29) is 17.4 Å². The minimum Gasteiger partial charge on any atom is -0.478 e. The van der Waals surface area contributed by atoms with E-state index >= 15 is 0 Å². The minimum absolute atomic E-state index is 0.120. The van der Waals surface area contributed by atoms with Crippen molar-refractivity contribution in [3.8, 4) is 0 Å². The van der Waals surface area contributed by atoms with E-state index in [0.717, 1.165) is 37.7 Å². The van der Waals surface area contributed by atoms with Gasteiger partial charge in [-0.05, 0) is 37.0 Å². The molecule has 0 unspecified atom stereocenters. The van der Waals surface area contributed by atoms with Crippen LogP contribution in [-0.2, 0) is 11.2 Å². The Morgan fingerprint density at radius 2 is 1.67 bits per heavy atom. The quantitative estimate of drug-likeness (QED) is 0.734. The van der Waals surface area contributed by atoms with Crippen molar-refractivity contribution in [1.29, 1.82) is 0 Å². The second kappa shape index (κ2) is 9.16. The van der Waals surface area contributed by atoms with Gasteiger partial charge in [0.25, 0.3) is 0 Å². The number of rotatable bonds is 9. The van der Waals surface area contributed by atoms with E-state index in [1.807, 2.05) is 0 Å². The molecule has 0 atom stereocenters. The molecular formula is C17H25NO3. The van der Waals surface area contributed by atoms with Gasteiger partial charge in [-0.1, -0.05) is 38.8 Å². The SMILES string of the molecule is CCCC(CCC)C(=O)NCCc1ccc(C(=O)O)cc1. The highest BCUT2D eigenvalue weighted by molar-refractivity contribution is 5.87. The molecule has 1 aromatic carbocycles. The Morgan fingerprint density at radius 1 is 1.10 bits per heavy atom. The van der Waals surface area contributed by atoms with E-state index < -0.39 is 5.97 Å². The molecule has 1 aromatic rings. The summed E-state index contributed by atoms with van der Waals surface area (Å²) in [6.07, 6.45) is 4.64. The molecule has 0 saturated carbocycles. The number of aromatic carboxylic acids is 1. The molecule has 0 radical (unpaired) electrons. The predicted molar refractivity (Wildman–Crippen MR) is 83.4 cm³/mol. The first-order valence-corrected chi connectivity index (χ1v) is 7.68. The van der Waals surface area contributed by atoms with Crippen molar-refractivity contribution in [2.75, 3.05) is 6.54 Å². The standard InChI is InChI=1S/C17H25NO3/c1-3-5-14(6-4-2)16(19)18-12-11-13-7-9-15(10-8-13)17(20)21/h7-10,14H,3-6,11-12H2,1-2H3,(H,18,19)(H,20,21). The number of benzene rings is 1. The number of carboxylic acids is 1. The summed E-state index contributed by atoms with van der Waals surface area (Å²) in [4.78, 5) is 22.8. The molecule has 0 spiro atoms. The highest BCUT2D eigenvalue weighted by Crippen LogP contribution is 2.13. The predicted octanol–water partition coefficient (Wildman–Crippen LogP) is 3.26. The van der Waals surface area contributed by atoms with Crippen LogP contribution in [0.2, 0.25) is 0 Å². The first kappa shape index (κ1) is 17.2. The highest BCUT2D eigenvalue weighted by Gasteiger charge is 2.15. The Labute approximate surface area is 126 Å². The highest BCUT2D eigenvalue weighted by atomic mass is 16.4. The third kappa shape index (κ3) is 5.98. The van der Waals surface area contributed by atoms with Crippen LogP contribution >= 0.6 is 0 Å². The van der Waals surface area contributed by atoms with Crippen molar-refractivity contribution < 1.29 is 14.7 Å². The van der Waals surface area contributed by atoms with Gasteiger partial charge in [-0.25, -0.2) is 4.79 Å². The van der Waals surface area contributed by atoms with Crippen molar-refractivity contribution >= 4 is 11.9 Å². The zero-order chi connectivity index (χ0) is 15.7. The Morgan fingerprint density at radius 3 is 2.14 bits per heavy atom. The van der Waals surface area contributed by atoms with Gasteiger partial charge in [0.1, 0.15) is 0 Å². The van der Waals surface area contributed by atoms with Crippen LogP contribution in [-0.4, -0.2) is 23.5 Å². The van der Waals surface area contributed by atoms with Gasteiger partial charge in [0.15, 0.2) is 0 Å². The van der Waals surface area contributed by atoms with Crippen LogP contribution in [0, 0.1) is 5.92 Å². The fourth-order valence-electron chi connectivity index (χ4n) is 2.39. The van der Waals surface area contributed by atoms with Gasteiger partial charge < -0.3 is 10.4 Å². The summed E-state index contributed by atoms with van der Waals surface area (Å²) < 4.78 is 0. The van der Waals surface area contributed by atoms with Gasteiger partial charge in [0.2, 0.25) is 5.91 Å². The van der Waals surface area contributed by atoms with Gasteiger partial charge >= 0.3 is 5.97 Å². The fourth-order valence-corrected chi connectivity index (χ4v) is 2.39. The van der Waals surface area contributed by atoms with Crippen LogP contribution in [0.15, 0.2) is 24.3 Å². The molecule has 116 valence electrons. The third-order valence-corrected chi connectivity index (χ3v) is 3.56. The number of nitrogens with one attached hydrogen (secondary N) is 1. The summed E-state index contributed by atoms with van der Waals surface area (Å²) in [5.41, 5.74) is 1.32. The van der Waals surface area contributed by atoms with Crippen LogP contribution in [0.3, 0.4) is 0 Å². The van der Waals surface area contributed by atoms with Crippen molar-refractivity contribution in [3.63, 3.8) is 0 Å². The molecule has 0 aliphatic carbocycles. The second-order valence-corrected chi connectivity index (χ2v) is 5.32. The summed E-state index contributed by atoms with van der Waals surface area (Å²) in [5.74, 6) is -0.660. The summed E-state index contributed by atoms with van der Waals surface area (Å²) in [7, 11) is 0. The minimum atomic E-state index is -0.920. The molecule has 0 aromatic heterocycles. The molecule has 4 nitrogen and oxygen atoms in total. The molecule has 0 aliphatic rings. The lowest BCUT2D eigenvalue weighted by Gasteiger charge is -2.15. The Bertz CT molecular complexity index is 448. The maximum absolute atomic E-state index is 12.1. The number of amides is 1. The van der Waals surface area contributed by atoms with E-state index in [9.17, 15) is 9.59 Å². The zero-order valence-electron chi connectivity index (χ0n) is 12.9. The van der Waals surface area contributed by atoms with Crippen LogP contribution in [0.4, 0.5) is 0 Å². The monoisotopic (exact) mass is 291 g/mol. The van der Waals surface area contributed by atoms with Crippen molar-refractivity contribution in [3.05, 3.63) is 35.4 Å². The van der Waals surface area contributed by atoms with Gasteiger partial charge in [-0.2, -0.15) is 0 Å². The van der Waals surface area contributed by atoms with Crippen LogP contribution in [0.25, 0.3) is 0 Å². The average molecular weight is 291 g/mol. The molecular weight excluding hydrogens is 266 g/mol. The first-order valence-electron chi connectivity index (χ1n) is 7.68. The van der Waals surface area contributed by atoms with Gasteiger partial charge in [0.05, 0.1) is 5.56 Å². The number of carbonyl (C=O) groups excluding carboxylic acids is 1. The van der Waals surface area contributed by atoms with E-state index in [1.54, 1.807) is 24.3 Å². The summed E-state index contributed by atoms with van der Waals surface area (Å²) in [6, 6.07) is 6.78. The van der Waals surface area contributed by atoms with Gasteiger partial charge in [-0.15, -0.1) is 0 Å². The van der Waals surface area contributed by atoms with Crippen LogP contribution in [0.5, 0.6) is 0 Å². The largest absolute Gasteiger partial charge is 0.478 e. The Hall–Kier alpha value is -1.84. The summed E-state index contributed by atoms with van der Waals surface area (Å²) >= 11 is 0. The molecule has 1 amide bonds. The first-order chi connectivity index (χ1) is 10.1. The molecule has 0 fully saturated rings. The van der Waals surface area contributed by atoms with Crippen molar-refractivity contribution in [2.45, 2.75) is 46.0 Å². The van der Waals surface area contributed by atoms with E-state index in [1.165, 1.54) is 0 Å². The van der Waals surface area contributed by atoms with Gasteiger partial charge in [0, 0.05) is 12.5 Å². The summed E-state index contributed by atoms with van der Waals surface area (Å²) in [5, 5.41) is 11.8. The van der Waals surface area contributed by atoms with Crippen LogP contribution in [0.1, 0.15) is 55.5 Å². The topological polar surface area (TPSA) is 66.4 Å². The molecule has 1 rings (SSSR count). The molecule has 2 N–H and O–H groups in total. The normalized spacial score (nSPS) is 10.6. The number of hydrogen-bond donors (Lipinski definition) is 2. The smallest absolute Gasteiger partial charge is 0.335 e. The molecule has 21 heavy (non-hydrogen) atoms. The van der Waals surface area contributed by atoms with Crippen molar-refractivity contribution in [1.82, 2.24) is 5.32 Å². The number of carbonyl (C=O) groups is 2. The fraction of sp³-hybridized carbons (Fsp3) is 0.529. The molecule has 0 bridgehead atoms. The second-order valence-electron chi connectivity index (χ2n) is 5.32. The van der Waals surface area contributed by atoms with Gasteiger partial charge in [-0.3, -0.25) is 4.79 Å². The zero-order valence-corrected chi connectivity index (χ0v) is 12.9. The molecule has 0 heterocycles. The Kier molecular flexibility index (Phi) is 7.51. The molecule has 0 saturated heterocycles.